The summed E-state index contributed by atoms with van der Waals surface area (Å²) in [6.45, 7) is 7.23. The lowest BCUT2D eigenvalue weighted by molar-refractivity contribution is -0.123. The zero-order valence-electron chi connectivity index (χ0n) is 12.0. The summed E-state index contributed by atoms with van der Waals surface area (Å²) in [7, 11) is 0. The third-order valence-electron chi connectivity index (χ3n) is 3.11. The van der Waals surface area contributed by atoms with Crippen LogP contribution >= 0.6 is 0 Å². The van der Waals surface area contributed by atoms with Gasteiger partial charge in [0.2, 0.25) is 5.91 Å². The monoisotopic (exact) mass is 288 g/mol. The number of nitrogens with one attached hydrogen (secondary N) is 2. The molecule has 0 fully saturated rings. The van der Waals surface area contributed by atoms with Crippen LogP contribution in [0.25, 0.3) is 0 Å². The maximum Gasteiger partial charge on any atom is 0.242 e. The molecule has 0 saturated heterocycles. The summed E-state index contributed by atoms with van der Waals surface area (Å²) in [6, 6.07) is 0.922. The molecule has 0 aliphatic heterocycles. The smallest absolute Gasteiger partial charge is 0.242 e. The quantitative estimate of drug-likeness (QED) is 0.817. The van der Waals surface area contributed by atoms with Crippen molar-refractivity contribution < 1.29 is 18.0 Å². The summed E-state index contributed by atoms with van der Waals surface area (Å²) in [5, 5.41) is 5.44. The highest BCUT2D eigenvalue weighted by atomic mass is 19.2. The van der Waals surface area contributed by atoms with Crippen LogP contribution in [0.2, 0.25) is 0 Å². The van der Waals surface area contributed by atoms with Crippen molar-refractivity contribution in [1.29, 1.82) is 0 Å². The molecule has 0 aliphatic carbocycles. The molecular formula is C14H19F3N2O. The molecule has 1 aromatic rings. The number of amides is 1. The second-order valence-electron chi connectivity index (χ2n) is 5.35. The second-order valence-corrected chi connectivity index (χ2v) is 5.35. The average molecular weight is 288 g/mol. The molecule has 0 heterocycles. The Labute approximate surface area is 116 Å². The van der Waals surface area contributed by atoms with E-state index < -0.39 is 23.5 Å². The molecule has 0 aliphatic rings. The Balaban J connectivity index is 2.76. The van der Waals surface area contributed by atoms with Crippen LogP contribution in [-0.4, -0.2) is 17.5 Å². The Hall–Kier alpha value is -1.72. The zero-order valence-corrected chi connectivity index (χ0v) is 12.0. The summed E-state index contributed by atoms with van der Waals surface area (Å²) >= 11 is 0. The second kappa shape index (κ2) is 6.15. The molecule has 112 valence electrons. The molecule has 0 spiro atoms. The van der Waals surface area contributed by atoms with Gasteiger partial charge < -0.3 is 10.6 Å². The van der Waals surface area contributed by atoms with Crippen LogP contribution in [0.1, 0.15) is 34.1 Å². The number of benzene rings is 1. The van der Waals surface area contributed by atoms with Gasteiger partial charge in [0.05, 0.1) is 0 Å². The van der Waals surface area contributed by atoms with Gasteiger partial charge in [-0.15, -0.1) is 0 Å². The van der Waals surface area contributed by atoms with Crippen molar-refractivity contribution in [2.24, 2.45) is 0 Å². The minimum Gasteiger partial charge on any atom is -0.374 e. The van der Waals surface area contributed by atoms with E-state index in [-0.39, 0.29) is 17.1 Å². The fourth-order valence-electron chi connectivity index (χ4n) is 1.48. The van der Waals surface area contributed by atoms with Crippen LogP contribution in [0.15, 0.2) is 12.1 Å². The van der Waals surface area contributed by atoms with Gasteiger partial charge in [-0.1, -0.05) is 6.92 Å². The van der Waals surface area contributed by atoms with E-state index in [9.17, 15) is 18.0 Å². The van der Waals surface area contributed by atoms with Crippen molar-refractivity contribution in [3.63, 3.8) is 0 Å². The Kier molecular flexibility index (Phi) is 5.03. The first kappa shape index (κ1) is 16.3. The van der Waals surface area contributed by atoms with Crippen LogP contribution in [0.3, 0.4) is 0 Å². The standard InChI is InChI=1S/C14H19F3N2O/c1-5-14(3,4)19-13(20)8(2)18-9-6-10(15)12(17)11(16)7-9/h6-8,18H,5H2,1-4H3,(H,19,20). The number of carbonyl (C=O) groups excluding carboxylic acids is 1. The highest BCUT2D eigenvalue weighted by molar-refractivity contribution is 5.84. The predicted molar refractivity (Wildman–Crippen MR) is 71.9 cm³/mol. The van der Waals surface area contributed by atoms with E-state index >= 15 is 0 Å². The molecule has 0 radical (unpaired) electrons. The van der Waals surface area contributed by atoms with E-state index in [2.05, 4.69) is 10.6 Å². The summed E-state index contributed by atoms with van der Waals surface area (Å²) in [6.07, 6.45) is 0.741. The molecule has 0 aromatic heterocycles. The van der Waals surface area contributed by atoms with Gasteiger partial charge in [0.25, 0.3) is 0 Å². The predicted octanol–water partition coefficient (Wildman–Crippen LogP) is 3.21. The van der Waals surface area contributed by atoms with Gasteiger partial charge in [-0.25, -0.2) is 13.2 Å². The summed E-state index contributed by atoms with van der Waals surface area (Å²) in [5.74, 6) is -4.43. The normalized spacial score (nSPS) is 12.9. The number of carbonyl (C=O) groups is 1. The third-order valence-corrected chi connectivity index (χ3v) is 3.11. The van der Waals surface area contributed by atoms with Gasteiger partial charge in [0.1, 0.15) is 6.04 Å². The number of halogens is 3. The van der Waals surface area contributed by atoms with Crippen molar-refractivity contribution in [1.82, 2.24) is 5.32 Å². The van der Waals surface area contributed by atoms with Gasteiger partial charge in [-0.3, -0.25) is 4.79 Å². The van der Waals surface area contributed by atoms with Crippen molar-refractivity contribution in [2.45, 2.75) is 45.7 Å². The van der Waals surface area contributed by atoms with Gasteiger partial charge in [0.15, 0.2) is 17.5 Å². The maximum absolute atomic E-state index is 13.1. The van der Waals surface area contributed by atoms with Gasteiger partial charge in [-0.05, 0) is 27.2 Å². The van der Waals surface area contributed by atoms with Crippen LogP contribution in [-0.2, 0) is 4.79 Å². The minimum absolute atomic E-state index is 0.0124. The zero-order chi connectivity index (χ0) is 15.5. The van der Waals surface area contributed by atoms with Crippen molar-refractivity contribution in [3.8, 4) is 0 Å². The van der Waals surface area contributed by atoms with Crippen LogP contribution in [0, 0.1) is 17.5 Å². The van der Waals surface area contributed by atoms with Crippen LogP contribution < -0.4 is 10.6 Å². The molecule has 20 heavy (non-hydrogen) atoms. The highest BCUT2D eigenvalue weighted by Crippen LogP contribution is 2.18. The topological polar surface area (TPSA) is 41.1 Å². The summed E-state index contributed by atoms with van der Waals surface area (Å²) < 4.78 is 38.9. The van der Waals surface area contributed by atoms with Crippen molar-refractivity contribution >= 4 is 11.6 Å². The fraction of sp³-hybridized carbons (Fsp3) is 0.500. The Morgan fingerprint density at radius 2 is 1.75 bits per heavy atom. The third kappa shape index (κ3) is 4.15. The Morgan fingerprint density at radius 3 is 2.20 bits per heavy atom. The van der Waals surface area contributed by atoms with E-state index in [0.29, 0.717) is 0 Å². The van der Waals surface area contributed by atoms with E-state index in [0.717, 1.165) is 18.6 Å². The molecular weight excluding hydrogens is 269 g/mol. The molecule has 1 rings (SSSR count). The summed E-state index contributed by atoms with van der Waals surface area (Å²) in [4.78, 5) is 11.9. The molecule has 1 atom stereocenters. The fourth-order valence-corrected chi connectivity index (χ4v) is 1.48. The number of rotatable bonds is 5. The number of anilines is 1. The van der Waals surface area contributed by atoms with E-state index in [1.165, 1.54) is 0 Å². The molecule has 0 saturated carbocycles. The first-order valence-electron chi connectivity index (χ1n) is 6.39. The number of hydrogen-bond acceptors (Lipinski definition) is 2. The molecule has 1 unspecified atom stereocenters. The van der Waals surface area contributed by atoms with Crippen LogP contribution in [0.4, 0.5) is 18.9 Å². The summed E-state index contributed by atoms with van der Waals surface area (Å²) in [5.41, 5.74) is -0.356. The molecule has 6 heteroatoms. The lowest BCUT2D eigenvalue weighted by atomic mass is 10.0. The van der Waals surface area contributed by atoms with Gasteiger partial charge in [0, 0.05) is 23.4 Å². The van der Waals surface area contributed by atoms with Crippen molar-refractivity contribution in [2.75, 3.05) is 5.32 Å². The molecule has 1 amide bonds. The molecule has 2 N–H and O–H groups in total. The Morgan fingerprint density at radius 1 is 1.25 bits per heavy atom. The molecule has 1 aromatic carbocycles. The van der Waals surface area contributed by atoms with E-state index in [1.54, 1.807) is 6.92 Å². The van der Waals surface area contributed by atoms with E-state index in [1.807, 2.05) is 20.8 Å². The SMILES string of the molecule is CCC(C)(C)NC(=O)C(C)Nc1cc(F)c(F)c(F)c1. The highest BCUT2D eigenvalue weighted by Gasteiger charge is 2.22. The average Bonchev–Trinajstić information content (AvgIpc) is 2.35. The minimum atomic E-state index is -1.53. The van der Waals surface area contributed by atoms with E-state index in [4.69, 9.17) is 0 Å². The maximum atomic E-state index is 13.1. The van der Waals surface area contributed by atoms with Gasteiger partial charge in [-0.2, -0.15) is 0 Å². The lowest BCUT2D eigenvalue weighted by Crippen LogP contribution is -2.48. The number of hydrogen-bond donors (Lipinski definition) is 2. The molecule has 3 nitrogen and oxygen atoms in total. The first-order valence-corrected chi connectivity index (χ1v) is 6.39. The first-order chi connectivity index (χ1) is 9.16. The van der Waals surface area contributed by atoms with Crippen LogP contribution in [0.5, 0.6) is 0 Å². The largest absolute Gasteiger partial charge is 0.374 e. The molecule has 0 bridgehead atoms. The lowest BCUT2D eigenvalue weighted by Gasteiger charge is -2.27. The van der Waals surface area contributed by atoms with Gasteiger partial charge >= 0.3 is 0 Å². The van der Waals surface area contributed by atoms with Crippen molar-refractivity contribution in [3.05, 3.63) is 29.6 Å². The Bertz CT molecular complexity index is 480.